The average Bonchev–Trinajstić information content (AvgIpc) is 1.92. The molecule has 0 heterocycles. The molecule has 0 aliphatic heterocycles. The third kappa shape index (κ3) is 3.90. The van der Waals surface area contributed by atoms with Gasteiger partial charge in [0.2, 0.25) is 0 Å². The molecule has 16 heteroatoms. The number of alkyl halides is 10. The maximum atomic E-state index is 12.5. The summed E-state index contributed by atoms with van der Waals surface area (Å²) in [5, 5.41) is -7.16. The molecule has 0 bridgehead atoms. The summed E-state index contributed by atoms with van der Waals surface area (Å²) in [5.74, 6) is 0. The van der Waals surface area contributed by atoms with E-state index in [1.165, 1.54) is 0 Å². The monoisotopic (exact) mass is 339 g/mol. The van der Waals surface area contributed by atoms with E-state index < -0.39 is 38.9 Å². The van der Waals surface area contributed by atoms with E-state index in [0.29, 0.717) is 0 Å². The second kappa shape index (κ2) is 5.52. The van der Waals surface area contributed by atoms with E-state index in [-0.39, 0.29) is 18.9 Å². The molecule has 0 N–H and O–H groups in total. The van der Waals surface area contributed by atoms with Crippen LogP contribution in [0, 0.1) is 0 Å². The van der Waals surface area contributed by atoms with E-state index >= 15 is 0 Å². The normalized spacial score (nSPS) is 15.2. The number of nitrogens with zero attached hydrogens (tertiary/aromatic N) is 1. The van der Waals surface area contributed by atoms with Crippen molar-refractivity contribution in [3.05, 3.63) is 0 Å². The Bertz CT molecular complexity index is 426. The average molecular weight is 339 g/mol. The van der Waals surface area contributed by atoms with Crippen molar-refractivity contribution in [1.29, 1.82) is 0 Å². The van der Waals surface area contributed by atoms with Gasteiger partial charge in [-0.3, -0.25) is 0 Å². The Morgan fingerprint density at radius 3 is 1.15 bits per heavy atom. The van der Waals surface area contributed by atoms with Crippen molar-refractivity contribution in [1.82, 2.24) is 4.90 Å². The molecular formula is C4F10LiNO3S. The molecule has 0 aliphatic carbocycles. The topological polar surface area (TPSA) is 60.4 Å². The van der Waals surface area contributed by atoms with E-state index in [1.54, 1.807) is 0 Å². The maximum Gasteiger partial charge on any atom is 1.00 e. The van der Waals surface area contributed by atoms with Gasteiger partial charge in [0.25, 0.3) is 0 Å². The van der Waals surface area contributed by atoms with Crippen LogP contribution in [0.15, 0.2) is 0 Å². The van der Waals surface area contributed by atoms with Crippen LogP contribution < -0.4 is 18.9 Å². The molecule has 116 valence electrons. The first kappa shape index (κ1) is 22.1. The summed E-state index contributed by atoms with van der Waals surface area (Å²) in [5.41, 5.74) is 0. The van der Waals surface area contributed by atoms with Crippen molar-refractivity contribution in [3.63, 3.8) is 0 Å². The van der Waals surface area contributed by atoms with Crippen molar-refractivity contribution >= 4 is 10.1 Å². The minimum atomic E-state index is -7.50. The molecular weight excluding hydrogens is 339 g/mol. The van der Waals surface area contributed by atoms with Gasteiger partial charge in [0.1, 0.15) is 0 Å². The second-order valence-corrected chi connectivity index (χ2v) is 4.20. The summed E-state index contributed by atoms with van der Waals surface area (Å²) in [6.45, 7) is 0. The fraction of sp³-hybridized carbons (Fsp3) is 1.00. The van der Waals surface area contributed by atoms with Gasteiger partial charge in [-0.25, -0.2) is 8.42 Å². The van der Waals surface area contributed by atoms with Crippen LogP contribution >= 0.6 is 0 Å². The maximum absolute atomic E-state index is 12.5. The molecule has 0 atom stereocenters. The molecule has 0 unspecified atom stereocenters. The molecule has 0 aliphatic rings. The van der Waals surface area contributed by atoms with Gasteiger partial charge in [-0.1, -0.05) is 4.90 Å². The van der Waals surface area contributed by atoms with Crippen LogP contribution in [0.25, 0.3) is 0 Å². The molecule has 0 spiro atoms. The van der Waals surface area contributed by atoms with Crippen molar-refractivity contribution < 1.29 is 75.7 Å². The van der Waals surface area contributed by atoms with E-state index in [9.17, 15) is 56.9 Å². The van der Waals surface area contributed by atoms with Gasteiger partial charge >= 0.3 is 42.8 Å². The molecule has 4 nitrogen and oxygen atoms in total. The van der Waals surface area contributed by atoms with Crippen LogP contribution in [0.4, 0.5) is 43.9 Å². The minimum absolute atomic E-state index is 0. The van der Waals surface area contributed by atoms with Crippen molar-refractivity contribution in [2.45, 2.75) is 23.9 Å². The van der Waals surface area contributed by atoms with E-state index in [4.69, 9.17) is 0 Å². The largest absolute Gasteiger partial charge is 1.00 e. The molecule has 0 aromatic carbocycles. The Morgan fingerprint density at radius 1 is 0.750 bits per heavy atom. The zero-order valence-corrected chi connectivity index (χ0v) is 9.68. The van der Waals surface area contributed by atoms with Crippen molar-refractivity contribution in [3.8, 4) is 0 Å². The first-order valence-electron chi connectivity index (χ1n) is 3.51. The summed E-state index contributed by atoms with van der Waals surface area (Å²) < 4.78 is 149. The van der Waals surface area contributed by atoms with Gasteiger partial charge in [-0.15, -0.1) is 0 Å². The Kier molecular flexibility index (Phi) is 6.08. The molecule has 0 aromatic heterocycles. The predicted molar refractivity (Wildman–Crippen MR) is 33.5 cm³/mol. The number of halogens is 10. The first-order chi connectivity index (χ1) is 7.87. The second-order valence-electron chi connectivity index (χ2n) is 2.78. The van der Waals surface area contributed by atoms with E-state index in [2.05, 4.69) is 0 Å². The minimum Gasteiger partial charge on any atom is -0.743 e. The molecule has 0 rings (SSSR count). The van der Waals surface area contributed by atoms with Crippen molar-refractivity contribution in [2.75, 3.05) is 0 Å². The Labute approximate surface area is 115 Å². The van der Waals surface area contributed by atoms with E-state index in [1.807, 2.05) is 0 Å². The molecule has 0 fully saturated rings. The van der Waals surface area contributed by atoms with Gasteiger partial charge in [-0.2, -0.15) is 43.9 Å². The van der Waals surface area contributed by atoms with Gasteiger partial charge in [0.05, 0.1) is 0 Å². The van der Waals surface area contributed by atoms with Gasteiger partial charge < -0.3 is 4.55 Å². The molecule has 0 radical (unpaired) electrons. The van der Waals surface area contributed by atoms with Gasteiger partial charge in [-0.05, 0) is 0 Å². The van der Waals surface area contributed by atoms with Crippen LogP contribution in [0.1, 0.15) is 0 Å². The summed E-state index contributed by atoms with van der Waals surface area (Å²) >= 11 is 0. The number of hydrogen-bond acceptors (Lipinski definition) is 4. The summed E-state index contributed by atoms with van der Waals surface area (Å²) in [4.78, 5) is -3.97. The molecule has 0 saturated carbocycles. The zero-order valence-electron chi connectivity index (χ0n) is 8.86. The third-order valence-corrected chi connectivity index (χ3v) is 2.33. The summed E-state index contributed by atoms with van der Waals surface area (Å²) in [7, 11) is -7.50. The number of hydrogen-bond donors (Lipinski definition) is 0. The number of rotatable bonds is 3. The molecule has 0 saturated heterocycles. The first-order valence-corrected chi connectivity index (χ1v) is 4.92. The fourth-order valence-corrected chi connectivity index (χ4v) is 1.13. The van der Waals surface area contributed by atoms with Crippen molar-refractivity contribution in [2.24, 2.45) is 0 Å². The summed E-state index contributed by atoms with van der Waals surface area (Å²) in [6.07, 6.45) is -14.2. The van der Waals surface area contributed by atoms with Crippen LogP contribution in [0.2, 0.25) is 0 Å². The standard InChI is InChI=1S/C4HF10NO3S.Li/c5-1(6,2(7,8)19(16,17)18)15(3(9,10)11)4(12,13)14;/h(H,16,17,18);/q;+1/p-1. The fourth-order valence-electron chi connectivity index (χ4n) is 0.743. The molecule has 0 aromatic rings. The van der Waals surface area contributed by atoms with Crippen LogP contribution in [-0.2, 0) is 10.1 Å². The SMILES string of the molecule is O=S(=O)([O-])C(F)(F)C(F)(F)N(C(F)(F)F)C(F)(F)F.[Li+]. The molecule has 0 amide bonds. The Balaban J connectivity index is 0. The van der Waals surface area contributed by atoms with Gasteiger partial charge in [0, 0.05) is 0 Å². The van der Waals surface area contributed by atoms with Crippen LogP contribution in [-0.4, -0.2) is 41.8 Å². The third-order valence-electron chi connectivity index (χ3n) is 1.45. The quantitative estimate of drug-likeness (QED) is 0.288. The van der Waals surface area contributed by atoms with Gasteiger partial charge in [0.15, 0.2) is 10.1 Å². The predicted octanol–water partition coefficient (Wildman–Crippen LogP) is -0.937. The Hall–Kier alpha value is -0.233. The van der Waals surface area contributed by atoms with E-state index in [0.717, 1.165) is 0 Å². The smallest absolute Gasteiger partial charge is 0.743 e. The summed E-state index contributed by atoms with van der Waals surface area (Å²) in [6, 6.07) is -7.38. The van der Waals surface area contributed by atoms with Crippen LogP contribution in [0.5, 0.6) is 0 Å². The Morgan fingerprint density at radius 2 is 1.00 bits per heavy atom. The zero-order chi connectivity index (χ0) is 16.1. The molecule has 20 heavy (non-hydrogen) atoms. The van der Waals surface area contributed by atoms with Crippen LogP contribution in [0.3, 0.4) is 0 Å².